The fourth-order valence-electron chi connectivity index (χ4n) is 1.21. The Hall–Kier alpha value is -1.42. The smallest absolute Gasteiger partial charge is 0.323 e. The molecule has 1 aromatic rings. The summed E-state index contributed by atoms with van der Waals surface area (Å²) in [6.45, 7) is 2.48. The van der Waals surface area contributed by atoms with Crippen LogP contribution < -0.4 is 4.90 Å². The maximum Gasteiger partial charge on any atom is 0.323 e. The summed E-state index contributed by atoms with van der Waals surface area (Å²) in [7, 11) is 0. The number of rotatable bonds is 4. The van der Waals surface area contributed by atoms with Crippen molar-refractivity contribution in [3.63, 3.8) is 0 Å². The zero-order chi connectivity index (χ0) is 10.6. The van der Waals surface area contributed by atoms with Crippen LogP contribution in [0.1, 0.15) is 6.92 Å². The molecule has 84 valence electrons. The van der Waals surface area contributed by atoms with Gasteiger partial charge < -0.3 is 15.1 Å². The monoisotopic (exact) mass is 231 g/mol. The van der Waals surface area contributed by atoms with Crippen LogP contribution in [-0.2, 0) is 4.79 Å². The minimum absolute atomic E-state index is 0. The van der Waals surface area contributed by atoms with Gasteiger partial charge in [-0.2, -0.15) is 0 Å². The van der Waals surface area contributed by atoms with E-state index in [1.807, 2.05) is 6.92 Å². The van der Waals surface area contributed by atoms with Crippen LogP contribution in [-0.4, -0.2) is 29.3 Å². The number of halogens is 1. The topological polar surface area (TPSA) is 60.8 Å². The molecule has 0 radical (unpaired) electrons. The third-order valence-electron chi connectivity index (χ3n) is 1.92. The predicted octanol–water partition coefficient (Wildman–Crippen LogP) is 1.72. The van der Waals surface area contributed by atoms with Crippen LogP contribution in [0.5, 0.6) is 5.75 Å². The maximum atomic E-state index is 10.5. The van der Waals surface area contributed by atoms with E-state index in [2.05, 4.69) is 0 Å². The van der Waals surface area contributed by atoms with E-state index in [1.165, 1.54) is 0 Å². The molecule has 0 aliphatic rings. The lowest BCUT2D eigenvalue weighted by atomic mass is 10.2. The number of benzene rings is 1. The van der Waals surface area contributed by atoms with Crippen molar-refractivity contribution in [2.75, 3.05) is 18.0 Å². The average molecular weight is 232 g/mol. The summed E-state index contributed by atoms with van der Waals surface area (Å²) in [6.07, 6.45) is 0. The number of carboxylic acids is 1. The van der Waals surface area contributed by atoms with Gasteiger partial charge in [0.25, 0.3) is 0 Å². The normalized spacial score (nSPS) is 9.13. The molecule has 5 heteroatoms. The lowest BCUT2D eigenvalue weighted by molar-refractivity contribution is -0.135. The van der Waals surface area contributed by atoms with Gasteiger partial charge in [-0.25, -0.2) is 0 Å². The highest BCUT2D eigenvalue weighted by molar-refractivity contribution is 5.85. The molecule has 0 aromatic heterocycles. The molecule has 0 amide bonds. The second kappa shape index (κ2) is 6.14. The van der Waals surface area contributed by atoms with Crippen molar-refractivity contribution >= 4 is 24.1 Å². The zero-order valence-corrected chi connectivity index (χ0v) is 9.20. The number of carbonyl (C=O) groups is 1. The van der Waals surface area contributed by atoms with Crippen molar-refractivity contribution in [1.29, 1.82) is 0 Å². The number of phenolic OH excluding ortho intramolecular Hbond substituents is 1. The summed E-state index contributed by atoms with van der Waals surface area (Å²) in [6, 6.07) is 6.48. The van der Waals surface area contributed by atoms with Gasteiger partial charge in [0.15, 0.2) is 0 Å². The molecule has 2 N–H and O–H groups in total. The van der Waals surface area contributed by atoms with Crippen LogP contribution in [0.15, 0.2) is 24.3 Å². The second-order valence-corrected chi connectivity index (χ2v) is 2.92. The highest BCUT2D eigenvalue weighted by Gasteiger charge is 2.07. The molecular weight excluding hydrogens is 218 g/mol. The van der Waals surface area contributed by atoms with Gasteiger partial charge in [0.2, 0.25) is 0 Å². The Kier molecular flexibility index (Phi) is 5.56. The molecule has 1 rings (SSSR count). The Morgan fingerprint density at radius 2 is 1.87 bits per heavy atom. The number of phenols is 1. The molecule has 0 fully saturated rings. The molecule has 0 spiro atoms. The van der Waals surface area contributed by atoms with Crippen molar-refractivity contribution in [3.05, 3.63) is 24.3 Å². The van der Waals surface area contributed by atoms with Crippen LogP contribution in [0.4, 0.5) is 5.69 Å². The first kappa shape index (κ1) is 13.6. The molecule has 4 nitrogen and oxygen atoms in total. The van der Waals surface area contributed by atoms with E-state index in [0.29, 0.717) is 6.54 Å². The third-order valence-corrected chi connectivity index (χ3v) is 1.92. The van der Waals surface area contributed by atoms with E-state index in [9.17, 15) is 4.79 Å². The molecule has 0 bridgehead atoms. The molecule has 0 aliphatic heterocycles. The van der Waals surface area contributed by atoms with Crippen molar-refractivity contribution in [2.24, 2.45) is 0 Å². The van der Waals surface area contributed by atoms with E-state index in [4.69, 9.17) is 10.2 Å². The number of anilines is 1. The molecule has 0 atom stereocenters. The lowest BCUT2D eigenvalue weighted by Crippen LogP contribution is -2.29. The fraction of sp³-hybridized carbons (Fsp3) is 0.300. The summed E-state index contributed by atoms with van der Waals surface area (Å²) in [5.74, 6) is -0.681. The number of carboxylic acid groups (broad SMARTS) is 1. The number of hydrogen-bond acceptors (Lipinski definition) is 3. The SMILES string of the molecule is CCN(CC(=O)O)c1ccc(O)cc1.Cl. The molecule has 1 aromatic carbocycles. The molecule has 0 saturated heterocycles. The average Bonchev–Trinajstić information content (AvgIpc) is 2.15. The van der Waals surface area contributed by atoms with Crippen LogP contribution in [0.3, 0.4) is 0 Å². The van der Waals surface area contributed by atoms with E-state index < -0.39 is 5.97 Å². The summed E-state index contributed by atoms with van der Waals surface area (Å²) < 4.78 is 0. The zero-order valence-electron chi connectivity index (χ0n) is 8.38. The fourth-order valence-corrected chi connectivity index (χ4v) is 1.21. The highest BCUT2D eigenvalue weighted by Crippen LogP contribution is 2.17. The predicted molar refractivity (Wildman–Crippen MR) is 60.9 cm³/mol. The minimum atomic E-state index is -0.861. The van der Waals surface area contributed by atoms with E-state index in [0.717, 1.165) is 5.69 Å². The molecular formula is C10H14ClNO3. The van der Waals surface area contributed by atoms with E-state index >= 15 is 0 Å². The van der Waals surface area contributed by atoms with Crippen LogP contribution in [0.2, 0.25) is 0 Å². The first-order valence-corrected chi connectivity index (χ1v) is 4.39. The van der Waals surface area contributed by atoms with Crippen molar-refractivity contribution in [3.8, 4) is 5.75 Å². The van der Waals surface area contributed by atoms with Gasteiger partial charge in [0, 0.05) is 12.2 Å². The number of likely N-dealkylation sites (N-methyl/N-ethyl adjacent to an activating group) is 1. The highest BCUT2D eigenvalue weighted by atomic mass is 35.5. The van der Waals surface area contributed by atoms with Crippen LogP contribution in [0.25, 0.3) is 0 Å². The van der Waals surface area contributed by atoms with Crippen LogP contribution in [0, 0.1) is 0 Å². The first-order valence-electron chi connectivity index (χ1n) is 4.39. The maximum absolute atomic E-state index is 10.5. The largest absolute Gasteiger partial charge is 0.508 e. The minimum Gasteiger partial charge on any atom is -0.508 e. The third kappa shape index (κ3) is 4.08. The van der Waals surface area contributed by atoms with Gasteiger partial charge in [-0.05, 0) is 31.2 Å². The Morgan fingerprint density at radius 1 is 1.33 bits per heavy atom. The van der Waals surface area contributed by atoms with E-state index in [-0.39, 0.29) is 24.7 Å². The molecule has 0 heterocycles. The molecule has 0 aliphatic carbocycles. The number of nitrogens with zero attached hydrogens (tertiary/aromatic N) is 1. The quantitative estimate of drug-likeness (QED) is 0.829. The Bertz CT molecular complexity index is 313. The van der Waals surface area contributed by atoms with Gasteiger partial charge >= 0.3 is 5.97 Å². The number of aromatic hydroxyl groups is 1. The standard InChI is InChI=1S/C10H13NO3.ClH/c1-2-11(7-10(13)14)8-3-5-9(12)6-4-8;/h3-6,12H,2,7H2,1H3,(H,13,14);1H. The first-order chi connectivity index (χ1) is 6.63. The summed E-state index contributed by atoms with van der Waals surface area (Å²) >= 11 is 0. The van der Waals surface area contributed by atoms with Gasteiger partial charge in [-0.15, -0.1) is 12.4 Å². The van der Waals surface area contributed by atoms with Crippen molar-refractivity contribution < 1.29 is 15.0 Å². The molecule has 15 heavy (non-hydrogen) atoms. The van der Waals surface area contributed by atoms with Crippen molar-refractivity contribution in [1.82, 2.24) is 0 Å². The van der Waals surface area contributed by atoms with Gasteiger partial charge in [0.1, 0.15) is 12.3 Å². The Balaban J connectivity index is 0.00000196. The van der Waals surface area contributed by atoms with Gasteiger partial charge in [0.05, 0.1) is 0 Å². The van der Waals surface area contributed by atoms with Crippen molar-refractivity contribution in [2.45, 2.75) is 6.92 Å². The van der Waals surface area contributed by atoms with E-state index in [1.54, 1.807) is 29.2 Å². The Labute approximate surface area is 94.6 Å². The summed E-state index contributed by atoms with van der Waals surface area (Å²) in [5.41, 5.74) is 0.799. The summed E-state index contributed by atoms with van der Waals surface area (Å²) in [4.78, 5) is 12.2. The number of hydrogen-bond donors (Lipinski definition) is 2. The lowest BCUT2D eigenvalue weighted by Gasteiger charge is -2.20. The molecule has 0 saturated carbocycles. The Morgan fingerprint density at radius 3 is 2.27 bits per heavy atom. The molecule has 0 unspecified atom stereocenters. The number of aliphatic carboxylic acids is 1. The van der Waals surface area contributed by atoms with Gasteiger partial charge in [-0.3, -0.25) is 4.79 Å². The van der Waals surface area contributed by atoms with Crippen LogP contribution >= 0.6 is 12.4 Å². The summed E-state index contributed by atoms with van der Waals surface area (Å²) in [5, 5.41) is 17.7. The second-order valence-electron chi connectivity index (χ2n) is 2.92. The van der Waals surface area contributed by atoms with Gasteiger partial charge in [-0.1, -0.05) is 0 Å².